The lowest BCUT2D eigenvalue weighted by atomic mass is 10.1. The van der Waals surface area contributed by atoms with Crippen molar-refractivity contribution in [2.45, 2.75) is 27.7 Å². The van der Waals surface area contributed by atoms with Crippen LogP contribution in [0.25, 0.3) is 21.6 Å². The maximum absolute atomic E-state index is 4.78. The predicted octanol–water partition coefficient (Wildman–Crippen LogP) is 4.72. The number of hydrogen-bond acceptors (Lipinski definition) is 4. The molecule has 0 aliphatic carbocycles. The van der Waals surface area contributed by atoms with Crippen LogP contribution in [-0.4, -0.2) is 16.5 Å². The van der Waals surface area contributed by atoms with Crippen molar-refractivity contribution in [1.29, 1.82) is 0 Å². The fraction of sp³-hybridized carbons (Fsp3) is 0.294. The summed E-state index contributed by atoms with van der Waals surface area (Å²) >= 11 is 1.74. The topological polar surface area (TPSA) is 37.8 Å². The number of anilines is 1. The van der Waals surface area contributed by atoms with Crippen molar-refractivity contribution in [2.24, 2.45) is 0 Å². The number of nitrogens with zero attached hydrogens (tertiary/aromatic N) is 2. The summed E-state index contributed by atoms with van der Waals surface area (Å²) in [6.45, 7) is 9.32. The highest BCUT2D eigenvalue weighted by molar-refractivity contribution is 7.18. The molecule has 0 spiro atoms. The van der Waals surface area contributed by atoms with E-state index in [1.807, 2.05) is 0 Å². The molecule has 0 fully saturated rings. The van der Waals surface area contributed by atoms with Crippen LogP contribution in [0.15, 0.2) is 24.3 Å². The van der Waals surface area contributed by atoms with Gasteiger partial charge >= 0.3 is 0 Å². The van der Waals surface area contributed by atoms with E-state index < -0.39 is 0 Å². The zero-order valence-electron chi connectivity index (χ0n) is 12.8. The van der Waals surface area contributed by atoms with E-state index in [9.17, 15) is 0 Å². The Hall–Kier alpha value is -1.94. The number of benzene rings is 1. The number of hydrogen-bond donors (Lipinski definition) is 1. The molecule has 1 aromatic carbocycles. The minimum Gasteiger partial charge on any atom is -0.370 e. The van der Waals surface area contributed by atoms with Crippen molar-refractivity contribution in [3.8, 4) is 11.4 Å². The van der Waals surface area contributed by atoms with Crippen LogP contribution in [0.5, 0.6) is 0 Å². The Morgan fingerprint density at radius 3 is 2.67 bits per heavy atom. The van der Waals surface area contributed by atoms with Gasteiger partial charge in [0.1, 0.15) is 10.6 Å². The van der Waals surface area contributed by atoms with Gasteiger partial charge in [-0.2, -0.15) is 0 Å². The van der Waals surface area contributed by atoms with Crippen LogP contribution in [-0.2, 0) is 0 Å². The minimum absolute atomic E-state index is 0.795. The Kier molecular flexibility index (Phi) is 3.64. The molecule has 2 aromatic heterocycles. The second-order valence-electron chi connectivity index (χ2n) is 5.26. The first-order chi connectivity index (χ1) is 10.1. The molecule has 0 aliphatic heterocycles. The summed E-state index contributed by atoms with van der Waals surface area (Å²) in [6.07, 6.45) is 0. The van der Waals surface area contributed by atoms with Crippen LogP contribution in [0.1, 0.15) is 22.9 Å². The molecule has 0 bridgehead atoms. The number of nitrogens with one attached hydrogen (secondary N) is 1. The van der Waals surface area contributed by atoms with Crippen molar-refractivity contribution in [3.05, 3.63) is 40.3 Å². The van der Waals surface area contributed by atoms with Gasteiger partial charge in [-0.05, 0) is 39.3 Å². The Morgan fingerprint density at radius 2 is 1.95 bits per heavy atom. The highest BCUT2D eigenvalue weighted by atomic mass is 32.1. The summed E-state index contributed by atoms with van der Waals surface area (Å²) in [7, 11) is 0. The van der Waals surface area contributed by atoms with Crippen molar-refractivity contribution in [2.75, 3.05) is 11.9 Å². The van der Waals surface area contributed by atoms with E-state index in [2.05, 4.69) is 57.3 Å². The fourth-order valence-electron chi connectivity index (χ4n) is 2.46. The van der Waals surface area contributed by atoms with Gasteiger partial charge in [0.2, 0.25) is 0 Å². The van der Waals surface area contributed by atoms with Crippen LogP contribution < -0.4 is 5.32 Å². The van der Waals surface area contributed by atoms with E-state index in [0.29, 0.717) is 0 Å². The van der Waals surface area contributed by atoms with Gasteiger partial charge in [-0.25, -0.2) is 9.97 Å². The SMILES string of the molecule is CCNc1nc(-c2cccc(C)c2)nc2sc(C)c(C)c12. The van der Waals surface area contributed by atoms with Gasteiger partial charge in [-0.3, -0.25) is 0 Å². The molecule has 0 unspecified atom stereocenters. The van der Waals surface area contributed by atoms with E-state index in [-0.39, 0.29) is 0 Å². The molecule has 0 saturated carbocycles. The lowest BCUT2D eigenvalue weighted by Crippen LogP contribution is -2.02. The summed E-state index contributed by atoms with van der Waals surface area (Å²) in [6, 6.07) is 8.34. The molecule has 0 saturated heterocycles. The Balaban J connectivity index is 2.25. The molecule has 0 aliphatic rings. The molecule has 3 nitrogen and oxygen atoms in total. The third-order valence-corrected chi connectivity index (χ3v) is 4.75. The number of aromatic nitrogens is 2. The summed E-state index contributed by atoms with van der Waals surface area (Å²) in [5.74, 6) is 1.74. The first-order valence-electron chi connectivity index (χ1n) is 7.18. The van der Waals surface area contributed by atoms with Gasteiger partial charge < -0.3 is 5.32 Å². The van der Waals surface area contributed by atoms with Crippen LogP contribution in [0.2, 0.25) is 0 Å². The molecule has 21 heavy (non-hydrogen) atoms. The highest BCUT2D eigenvalue weighted by Gasteiger charge is 2.15. The molecule has 1 N–H and O–H groups in total. The third kappa shape index (κ3) is 2.51. The van der Waals surface area contributed by atoms with Gasteiger partial charge in [0, 0.05) is 17.0 Å². The Bertz CT molecular complexity index is 805. The molecule has 2 heterocycles. The molecule has 0 amide bonds. The minimum atomic E-state index is 0.795. The predicted molar refractivity (Wildman–Crippen MR) is 91.2 cm³/mol. The Labute approximate surface area is 129 Å². The molecular weight excluding hydrogens is 278 g/mol. The Morgan fingerprint density at radius 1 is 1.14 bits per heavy atom. The van der Waals surface area contributed by atoms with Gasteiger partial charge in [-0.15, -0.1) is 11.3 Å². The van der Waals surface area contributed by atoms with Crippen LogP contribution in [0.3, 0.4) is 0 Å². The van der Waals surface area contributed by atoms with Gasteiger partial charge in [0.25, 0.3) is 0 Å². The monoisotopic (exact) mass is 297 g/mol. The molecule has 4 heteroatoms. The van der Waals surface area contributed by atoms with Crippen molar-refractivity contribution in [3.63, 3.8) is 0 Å². The average molecular weight is 297 g/mol. The van der Waals surface area contributed by atoms with Crippen molar-refractivity contribution >= 4 is 27.4 Å². The van der Waals surface area contributed by atoms with Crippen LogP contribution in [0, 0.1) is 20.8 Å². The number of rotatable bonds is 3. The smallest absolute Gasteiger partial charge is 0.163 e. The highest BCUT2D eigenvalue weighted by Crippen LogP contribution is 2.34. The first-order valence-corrected chi connectivity index (χ1v) is 8.00. The molecular formula is C17H19N3S. The lowest BCUT2D eigenvalue weighted by Gasteiger charge is -2.08. The fourth-order valence-corrected chi connectivity index (χ4v) is 3.49. The maximum atomic E-state index is 4.78. The third-order valence-electron chi connectivity index (χ3n) is 3.65. The summed E-state index contributed by atoms with van der Waals surface area (Å²) in [4.78, 5) is 11.9. The average Bonchev–Trinajstić information content (AvgIpc) is 2.74. The summed E-state index contributed by atoms with van der Waals surface area (Å²) in [5.41, 5.74) is 3.57. The molecule has 3 rings (SSSR count). The zero-order chi connectivity index (χ0) is 15.0. The number of thiophene rings is 1. The van der Waals surface area contributed by atoms with E-state index >= 15 is 0 Å². The summed E-state index contributed by atoms with van der Waals surface area (Å²) < 4.78 is 0. The molecule has 0 radical (unpaired) electrons. The van der Waals surface area contributed by atoms with Crippen molar-refractivity contribution in [1.82, 2.24) is 9.97 Å². The maximum Gasteiger partial charge on any atom is 0.163 e. The largest absolute Gasteiger partial charge is 0.370 e. The lowest BCUT2D eigenvalue weighted by molar-refractivity contribution is 1.15. The van der Waals surface area contributed by atoms with Crippen molar-refractivity contribution < 1.29 is 0 Å². The second kappa shape index (κ2) is 5.45. The van der Waals surface area contributed by atoms with E-state index in [1.54, 1.807) is 11.3 Å². The molecule has 0 atom stereocenters. The normalized spacial score (nSPS) is 11.0. The van der Waals surface area contributed by atoms with Crippen LogP contribution in [0.4, 0.5) is 5.82 Å². The zero-order valence-corrected chi connectivity index (χ0v) is 13.6. The van der Waals surface area contributed by atoms with E-state index in [1.165, 1.54) is 16.0 Å². The van der Waals surface area contributed by atoms with Gasteiger partial charge in [0.05, 0.1) is 5.39 Å². The second-order valence-corrected chi connectivity index (χ2v) is 6.46. The number of aryl methyl sites for hydroxylation is 3. The summed E-state index contributed by atoms with van der Waals surface area (Å²) in [5, 5.41) is 4.55. The quantitative estimate of drug-likeness (QED) is 0.760. The first kappa shape index (κ1) is 14.0. The van der Waals surface area contributed by atoms with Gasteiger partial charge in [0.15, 0.2) is 5.82 Å². The van der Waals surface area contributed by atoms with Gasteiger partial charge in [-0.1, -0.05) is 23.8 Å². The van der Waals surface area contributed by atoms with E-state index in [0.717, 1.165) is 34.0 Å². The molecule has 3 aromatic rings. The van der Waals surface area contributed by atoms with E-state index in [4.69, 9.17) is 9.97 Å². The number of fused-ring (bicyclic) bond motifs is 1. The standard InChI is InChI=1S/C17H19N3S/c1-5-18-16-14-11(3)12(4)21-17(14)20-15(19-16)13-8-6-7-10(2)9-13/h6-9H,5H2,1-4H3,(H,18,19,20). The molecule has 108 valence electrons. The van der Waals surface area contributed by atoms with Crippen LogP contribution >= 0.6 is 11.3 Å².